The summed E-state index contributed by atoms with van der Waals surface area (Å²) >= 11 is 6.16. The van der Waals surface area contributed by atoms with Gasteiger partial charge in [-0.15, -0.1) is 10.2 Å². The molecule has 0 atom stereocenters. The molecular weight excluding hydrogens is 290 g/mol. The van der Waals surface area contributed by atoms with Crippen LogP contribution >= 0.6 is 11.6 Å². The standard InChI is InChI=1S/C15H12ClN3O2/c1-21-12-8-3-2-6-10(12)18-19-14-13-9(16)5-4-7-11(13)17-15(14)20/h2-8,17,20H,1H3. The Hall–Kier alpha value is -2.53. The third-order valence-electron chi connectivity index (χ3n) is 3.07. The first kappa shape index (κ1) is 13.5. The minimum atomic E-state index is -0.0725. The number of H-pyrrole nitrogens is 1. The van der Waals surface area contributed by atoms with Gasteiger partial charge in [-0.3, -0.25) is 0 Å². The van der Waals surface area contributed by atoms with Gasteiger partial charge in [-0.05, 0) is 24.3 Å². The normalized spacial score (nSPS) is 11.3. The predicted molar refractivity (Wildman–Crippen MR) is 82.1 cm³/mol. The molecule has 6 heteroatoms. The monoisotopic (exact) mass is 301 g/mol. The number of ether oxygens (including phenoxy) is 1. The van der Waals surface area contributed by atoms with E-state index in [2.05, 4.69) is 15.2 Å². The summed E-state index contributed by atoms with van der Waals surface area (Å²) in [6, 6.07) is 12.6. The molecule has 0 aliphatic rings. The Morgan fingerprint density at radius 1 is 1.10 bits per heavy atom. The summed E-state index contributed by atoms with van der Waals surface area (Å²) in [6.07, 6.45) is 0. The van der Waals surface area contributed by atoms with Crippen LogP contribution in [0.1, 0.15) is 0 Å². The minimum Gasteiger partial charge on any atom is -0.494 e. The number of aromatic amines is 1. The number of aromatic hydroxyl groups is 1. The Bertz CT molecular complexity index is 827. The van der Waals surface area contributed by atoms with Crippen molar-refractivity contribution < 1.29 is 9.84 Å². The first-order chi connectivity index (χ1) is 10.2. The SMILES string of the molecule is COc1ccccc1N=Nc1c(O)[nH]c2cccc(Cl)c12. The van der Waals surface area contributed by atoms with Crippen molar-refractivity contribution in [2.45, 2.75) is 0 Å². The fourth-order valence-electron chi connectivity index (χ4n) is 2.09. The third kappa shape index (κ3) is 2.43. The van der Waals surface area contributed by atoms with Crippen LogP contribution in [0, 0.1) is 0 Å². The van der Waals surface area contributed by atoms with Crippen LogP contribution in [0.5, 0.6) is 11.6 Å². The third-order valence-corrected chi connectivity index (χ3v) is 3.39. The maximum absolute atomic E-state index is 9.96. The number of hydrogen-bond acceptors (Lipinski definition) is 4. The van der Waals surface area contributed by atoms with Gasteiger partial charge in [-0.1, -0.05) is 29.8 Å². The van der Waals surface area contributed by atoms with Gasteiger partial charge in [0.15, 0.2) is 5.69 Å². The van der Waals surface area contributed by atoms with E-state index in [9.17, 15) is 5.11 Å². The molecule has 2 aromatic carbocycles. The van der Waals surface area contributed by atoms with Crippen LogP contribution in [0.4, 0.5) is 11.4 Å². The molecule has 3 aromatic rings. The lowest BCUT2D eigenvalue weighted by molar-refractivity contribution is 0.416. The van der Waals surface area contributed by atoms with Crippen molar-refractivity contribution in [3.05, 3.63) is 47.5 Å². The second-order valence-electron chi connectivity index (χ2n) is 4.36. The fraction of sp³-hybridized carbons (Fsp3) is 0.0667. The molecule has 2 N–H and O–H groups in total. The summed E-state index contributed by atoms with van der Waals surface area (Å²) in [7, 11) is 1.56. The second kappa shape index (κ2) is 5.46. The van der Waals surface area contributed by atoms with E-state index in [0.29, 0.717) is 33.0 Å². The zero-order chi connectivity index (χ0) is 14.8. The molecule has 0 fully saturated rings. The topological polar surface area (TPSA) is 70.0 Å². The first-order valence-electron chi connectivity index (χ1n) is 6.24. The van der Waals surface area contributed by atoms with Crippen LogP contribution < -0.4 is 4.74 Å². The van der Waals surface area contributed by atoms with Gasteiger partial charge in [0, 0.05) is 5.39 Å². The van der Waals surface area contributed by atoms with Crippen molar-refractivity contribution in [3.63, 3.8) is 0 Å². The lowest BCUT2D eigenvalue weighted by Gasteiger charge is -2.01. The maximum atomic E-state index is 9.96. The Morgan fingerprint density at radius 2 is 1.90 bits per heavy atom. The minimum absolute atomic E-state index is 0.0725. The van der Waals surface area contributed by atoms with E-state index in [4.69, 9.17) is 16.3 Å². The number of benzene rings is 2. The van der Waals surface area contributed by atoms with Crippen molar-refractivity contribution >= 4 is 33.9 Å². The van der Waals surface area contributed by atoms with Crippen molar-refractivity contribution in [1.29, 1.82) is 0 Å². The molecule has 21 heavy (non-hydrogen) atoms. The highest BCUT2D eigenvalue weighted by molar-refractivity contribution is 6.36. The molecule has 0 amide bonds. The van der Waals surface area contributed by atoms with Gasteiger partial charge >= 0.3 is 0 Å². The van der Waals surface area contributed by atoms with Gasteiger partial charge in [0.25, 0.3) is 0 Å². The second-order valence-corrected chi connectivity index (χ2v) is 4.76. The van der Waals surface area contributed by atoms with Crippen molar-refractivity contribution in [2.75, 3.05) is 7.11 Å². The molecule has 106 valence electrons. The molecule has 5 nitrogen and oxygen atoms in total. The van der Waals surface area contributed by atoms with Crippen LogP contribution in [0.3, 0.4) is 0 Å². The number of halogens is 1. The van der Waals surface area contributed by atoms with Crippen molar-refractivity contribution in [2.24, 2.45) is 10.2 Å². The molecule has 0 unspecified atom stereocenters. The molecule has 0 radical (unpaired) electrons. The Balaban J connectivity index is 2.09. The van der Waals surface area contributed by atoms with Crippen LogP contribution in [0.15, 0.2) is 52.7 Å². The zero-order valence-electron chi connectivity index (χ0n) is 11.2. The Morgan fingerprint density at radius 3 is 2.71 bits per heavy atom. The molecule has 0 aliphatic heterocycles. The number of fused-ring (bicyclic) bond motifs is 1. The summed E-state index contributed by atoms with van der Waals surface area (Å²) < 4.78 is 5.21. The summed E-state index contributed by atoms with van der Waals surface area (Å²) in [5.74, 6) is 0.531. The molecule has 0 saturated heterocycles. The van der Waals surface area contributed by atoms with Crippen LogP contribution in [0.25, 0.3) is 10.9 Å². The number of nitrogens with one attached hydrogen (secondary N) is 1. The lowest BCUT2D eigenvalue weighted by atomic mass is 10.2. The van der Waals surface area contributed by atoms with Gasteiger partial charge in [-0.25, -0.2) is 0 Å². The summed E-state index contributed by atoms with van der Waals surface area (Å²) in [6.45, 7) is 0. The maximum Gasteiger partial charge on any atom is 0.218 e. The predicted octanol–water partition coefficient (Wildman–Crippen LogP) is 4.95. The molecule has 3 rings (SSSR count). The number of hydrogen-bond donors (Lipinski definition) is 2. The van der Waals surface area contributed by atoms with Gasteiger partial charge in [0.2, 0.25) is 5.88 Å². The van der Waals surface area contributed by atoms with Gasteiger partial charge in [0.05, 0.1) is 17.6 Å². The molecule has 0 saturated carbocycles. The Labute approximate surface area is 125 Å². The van der Waals surface area contributed by atoms with Crippen LogP contribution in [-0.2, 0) is 0 Å². The van der Waals surface area contributed by atoms with Crippen LogP contribution in [0.2, 0.25) is 5.02 Å². The largest absolute Gasteiger partial charge is 0.494 e. The Kier molecular flexibility index (Phi) is 3.50. The average molecular weight is 302 g/mol. The van der Waals surface area contributed by atoms with Gasteiger partial charge in [0.1, 0.15) is 11.4 Å². The van der Waals surface area contributed by atoms with E-state index in [0.717, 1.165) is 0 Å². The zero-order valence-corrected chi connectivity index (χ0v) is 11.9. The fourth-order valence-corrected chi connectivity index (χ4v) is 2.35. The number of rotatable bonds is 3. The summed E-state index contributed by atoms with van der Waals surface area (Å²) in [5, 5.41) is 19.3. The molecular formula is C15H12ClN3O2. The van der Waals surface area contributed by atoms with Gasteiger partial charge in [-0.2, -0.15) is 0 Å². The van der Waals surface area contributed by atoms with Crippen molar-refractivity contribution in [1.82, 2.24) is 4.98 Å². The first-order valence-corrected chi connectivity index (χ1v) is 6.62. The highest BCUT2D eigenvalue weighted by atomic mass is 35.5. The average Bonchev–Trinajstić information content (AvgIpc) is 2.82. The molecule has 0 spiro atoms. The van der Waals surface area contributed by atoms with E-state index in [1.54, 1.807) is 31.4 Å². The number of para-hydroxylation sites is 1. The highest BCUT2D eigenvalue weighted by Gasteiger charge is 2.13. The van der Waals surface area contributed by atoms with Crippen molar-refractivity contribution in [3.8, 4) is 11.6 Å². The number of azo groups is 1. The van der Waals surface area contributed by atoms with E-state index in [1.165, 1.54) is 0 Å². The van der Waals surface area contributed by atoms with Crippen LogP contribution in [-0.4, -0.2) is 17.2 Å². The summed E-state index contributed by atoms with van der Waals surface area (Å²) in [5.41, 5.74) is 1.58. The molecule has 0 bridgehead atoms. The highest BCUT2D eigenvalue weighted by Crippen LogP contribution is 2.40. The van der Waals surface area contributed by atoms with E-state index >= 15 is 0 Å². The molecule has 1 heterocycles. The molecule has 1 aromatic heterocycles. The number of aromatic nitrogens is 1. The molecule has 0 aliphatic carbocycles. The van der Waals surface area contributed by atoms with E-state index < -0.39 is 0 Å². The van der Waals surface area contributed by atoms with E-state index in [-0.39, 0.29) is 5.88 Å². The number of methoxy groups -OCH3 is 1. The van der Waals surface area contributed by atoms with Gasteiger partial charge < -0.3 is 14.8 Å². The lowest BCUT2D eigenvalue weighted by Crippen LogP contribution is -1.81. The smallest absolute Gasteiger partial charge is 0.218 e. The quantitative estimate of drug-likeness (QED) is 0.672. The van der Waals surface area contributed by atoms with E-state index in [1.807, 2.05) is 18.2 Å². The summed E-state index contributed by atoms with van der Waals surface area (Å²) in [4.78, 5) is 2.82. The number of nitrogens with zero attached hydrogens (tertiary/aromatic N) is 2.